The molecule has 2 N–H and O–H groups in total. The normalized spacial score (nSPS) is 17.1. The molecule has 1 atom stereocenters. The van der Waals surface area contributed by atoms with Crippen molar-refractivity contribution in [2.75, 3.05) is 48.4 Å². The van der Waals surface area contributed by atoms with Gasteiger partial charge in [0.25, 0.3) is 0 Å². The van der Waals surface area contributed by atoms with Crippen molar-refractivity contribution in [1.29, 1.82) is 0 Å². The number of nitrogens with one attached hydrogen (secondary N) is 2. The number of nitrogens with zero attached hydrogens (tertiary/aromatic N) is 2. The lowest BCUT2D eigenvalue weighted by molar-refractivity contribution is -0.119. The number of piperazine rings is 1. The Morgan fingerprint density at radius 2 is 1.50 bits per heavy atom. The number of carbonyl (C=O) groups excluding carboxylic acids is 1. The number of anilines is 3. The Labute approximate surface area is 237 Å². The summed E-state index contributed by atoms with van der Waals surface area (Å²) in [7, 11) is -2.25. The number of carbonyl (C=O) groups is 1. The van der Waals surface area contributed by atoms with Gasteiger partial charge in [0.1, 0.15) is 10.6 Å². The highest BCUT2D eigenvalue weighted by atomic mass is 32.2. The van der Waals surface area contributed by atoms with Crippen LogP contribution in [0.5, 0.6) is 5.75 Å². The van der Waals surface area contributed by atoms with E-state index in [0.29, 0.717) is 37.6 Å². The molecule has 1 saturated carbocycles. The van der Waals surface area contributed by atoms with Crippen LogP contribution in [0.4, 0.5) is 17.1 Å². The molecular formula is C31H38N4O4S. The van der Waals surface area contributed by atoms with E-state index >= 15 is 0 Å². The van der Waals surface area contributed by atoms with Crippen molar-refractivity contribution in [2.45, 2.75) is 43.5 Å². The zero-order chi connectivity index (χ0) is 28.1. The van der Waals surface area contributed by atoms with Crippen LogP contribution in [-0.4, -0.2) is 47.6 Å². The standard InChI is InChI=1S/C31H38N4O4S/c1-23(24-10-4-3-5-11-24)33-40(37,38)30-22-26(32-31(36)25-12-6-7-13-25)16-17-28(30)35-20-18-34(19-21-35)27-14-8-9-15-29(27)39-2/h3-5,8-11,14-17,22-23,25,33H,6-7,12-13,18-21H2,1-2H3,(H,32,36). The van der Waals surface area contributed by atoms with E-state index in [0.717, 1.165) is 42.7 Å². The van der Waals surface area contributed by atoms with Crippen LogP contribution in [0.2, 0.25) is 0 Å². The number of methoxy groups -OCH3 is 1. The summed E-state index contributed by atoms with van der Waals surface area (Å²) < 4.78 is 36.1. The fraction of sp³-hybridized carbons (Fsp3) is 0.387. The molecule has 1 aliphatic carbocycles. The molecule has 1 amide bonds. The molecular weight excluding hydrogens is 524 g/mol. The van der Waals surface area contributed by atoms with E-state index in [-0.39, 0.29) is 16.7 Å². The van der Waals surface area contributed by atoms with E-state index in [1.165, 1.54) is 0 Å². The molecule has 0 aromatic heterocycles. The van der Waals surface area contributed by atoms with Crippen molar-refractivity contribution in [3.8, 4) is 5.75 Å². The van der Waals surface area contributed by atoms with Crippen LogP contribution in [0.3, 0.4) is 0 Å². The Bertz CT molecular complexity index is 1420. The first-order chi connectivity index (χ1) is 19.4. The van der Waals surface area contributed by atoms with E-state index in [9.17, 15) is 13.2 Å². The van der Waals surface area contributed by atoms with Crippen molar-refractivity contribution in [2.24, 2.45) is 5.92 Å². The molecule has 1 aliphatic heterocycles. The van der Waals surface area contributed by atoms with Crippen molar-refractivity contribution in [3.05, 3.63) is 78.4 Å². The lowest BCUT2D eigenvalue weighted by Gasteiger charge is -2.38. The van der Waals surface area contributed by atoms with Gasteiger partial charge in [0, 0.05) is 43.8 Å². The third-order valence-corrected chi connectivity index (χ3v) is 9.49. The number of benzene rings is 3. The Morgan fingerprint density at radius 3 is 2.17 bits per heavy atom. The first-order valence-corrected chi connectivity index (χ1v) is 15.5. The molecule has 2 aliphatic rings. The first-order valence-electron chi connectivity index (χ1n) is 14.0. The molecule has 212 valence electrons. The van der Waals surface area contributed by atoms with Crippen molar-refractivity contribution in [3.63, 3.8) is 0 Å². The van der Waals surface area contributed by atoms with Crippen molar-refractivity contribution in [1.82, 2.24) is 4.72 Å². The van der Waals surface area contributed by atoms with Crippen LogP contribution in [0, 0.1) is 5.92 Å². The van der Waals surface area contributed by atoms with Crippen LogP contribution in [0.1, 0.15) is 44.2 Å². The topological polar surface area (TPSA) is 91.0 Å². The van der Waals surface area contributed by atoms with Gasteiger partial charge in [-0.3, -0.25) is 4.79 Å². The molecule has 1 heterocycles. The van der Waals surface area contributed by atoms with Crippen molar-refractivity contribution < 1.29 is 17.9 Å². The predicted molar refractivity (Wildman–Crippen MR) is 160 cm³/mol. The molecule has 5 rings (SSSR count). The molecule has 0 radical (unpaired) electrons. The molecule has 1 saturated heterocycles. The summed E-state index contributed by atoms with van der Waals surface area (Å²) >= 11 is 0. The van der Waals surface area contributed by atoms with Crippen LogP contribution < -0.4 is 24.6 Å². The third kappa shape index (κ3) is 6.26. The number of ether oxygens (including phenoxy) is 1. The Kier molecular flexibility index (Phi) is 8.61. The Hall–Kier alpha value is -3.56. The summed E-state index contributed by atoms with van der Waals surface area (Å²) in [5.74, 6) is 0.768. The highest BCUT2D eigenvalue weighted by molar-refractivity contribution is 7.89. The maximum absolute atomic E-state index is 13.9. The molecule has 3 aromatic carbocycles. The number of sulfonamides is 1. The Morgan fingerprint density at radius 1 is 0.875 bits per heavy atom. The average Bonchev–Trinajstić information content (AvgIpc) is 3.53. The fourth-order valence-corrected chi connectivity index (χ4v) is 7.17. The second-order valence-electron chi connectivity index (χ2n) is 10.6. The number of amides is 1. The van der Waals surface area contributed by atoms with Crippen LogP contribution in [0.15, 0.2) is 77.7 Å². The third-order valence-electron chi connectivity index (χ3n) is 7.92. The predicted octanol–water partition coefficient (Wildman–Crippen LogP) is 5.19. The van der Waals surface area contributed by atoms with Crippen molar-refractivity contribution >= 4 is 33.0 Å². The quantitative estimate of drug-likeness (QED) is 0.373. The van der Waals surface area contributed by atoms with Gasteiger partial charge in [0.2, 0.25) is 15.9 Å². The number of rotatable bonds is 9. The maximum Gasteiger partial charge on any atom is 0.243 e. The van der Waals surface area contributed by atoms with E-state index in [1.54, 1.807) is 13.2 Å². The van der Waals surface area contributed by atoms with Gasteiger partial charge in [-0.05, 0) is 55.7 Å². The smallest absolute Gasteiger partial charge is 0.243 e. The average molecular weight is 563 g/mol. The minimum atomic E-state index is -3.92. The van der Waals surface area contributed by atoms with Gasteiger partial charge < -0.3 is 19.9 Å². The molecule has 9 heteroatoms. The van der Waals surface area contributed by atoms with Crippen LogP contribution in [-0.2, 0) is 14.8 Å². The fourth-order valence-electron chi connectivity index (χ4n) is 5.69. The van der Waals surface area contributed by atoms with Crippen LogP contribution >= 0.6 is 0 Å². The summed E-state index contributed by atoms with van der Waals surface area (Å²) in [6.07, 6.45) is 3.86. The van der Waals surface area contributed by atoms with E-state index < -0.39 is 16.1 Å². The molecule has 0 spiro atoms. The second-order valence-corrected chi connectivity index (χ2v) is 12.2. The van der Waals surface area contributed by atoms with E-state index in [4.69, 9.17) is 4.74 Å². The van der Waals surface area contributed by atoms with Gasteiger partial charge in [0.05, 0.1) is 18.5 Å². The number of hydrogen-bond acceptors (Lipinski definition) is 6. The minimum absolute atomic E-state index is 0.0148. The molecule has 8 nitrogen and oxygen atoms in total. The summed E-state index contributed by atoms with van der Waals surface area (Å²) in [6.45, 7) is 4.55. The molecule has 3 aromatic rings. The first kappa shape index (κ1) is 28.0. The molecule has 1 unspecified atom stereocenters. The van der Waals surface area contributed by atoms with Gasteiger partial charge in [-0.25, -0.2) is 13.1 Å². The summed E-state index contributed by atoms with van der Waals surface area (Å²) in [5, 5.41) is 2.98. The SMILES string of the molecule is COc1ccccc1N1CCN(c2ccc(NC(=O)C3CCCC3)cc2S(=O)(=O)NC(C)c2ccccc2)CC1. The summed E-state index contributed by atoms with van der Waals surface area (Å²) in [4.78, 5) is 17.4. The maximum atomic E-state index is 13.9. The van der Waals surface area contributed by atoms with Gasteiger partial charge in [-0.15, -0.1) is 0 Å². The number of hydrogen-bond donors (Lipinski definition) is 2. The monoisotopic (exact) mass is 562 g/mol. The summed E-state index contributed by atoms with van der Waals surface area (Å²) in [6, 6.07) is 22.3. The van der Waals surface area contributed by atoms with E-state index in [1.807, 2.05) is 73.7 Å². The van der Waals surface area contributed by atoms with Gasteiger partial charge in [-0.2, -0.15) is 0 Å². The van der Waals surface area contributed by atoms with Gasteiger partial charge >= 0.3 is 0 Å². The second kappa shape index (κ2) is 12.3. The highest BCUT2D eigenvalue weighted by Gasteiger charge is 2.29. The highest BCUT2D eigenvalue weighted by Crippen LogP contribution is 2.34. The minimum Gasteiger partial charge on any atom is -0.495 e. The number of para-hydroxylation sites is 2. The lowest BCUT2D eigenvalue weighted by Crippen LogP contribution is -2.47. The largest absolute Gasteiger partial charge is 0.495 e. The molecule has 2 fully saturated rings. The zero-order valence-corrected chi connectivity index (χ0v) is 24.0. The van der Waals surface area contributed by atoms with Crippen LogP contribution in [0.25, 0.3) is 0 Å². The summed E-state index contributed by atoms with van der Waals surface area (Å²) in [5.41, 5.74) is 3.04. The van der Waals surface area contributed by atoms with E-state index in [2.05, 4.69) is 19.8 Å². The Balaban J connectivity index is 1.41. The van der Waals surface area contributed by atoms with Gasteiger partial charge in [0.15, 0.2) is 0 Å². The molecule has 0 bridgehead atoms. The van der Waals surface area contributed by atoms with Gasteiger partial charge in [-0.1, -0.05) is 55.3 Å². The zero-order valence-electron chi connectivity index (χ0n) is 23.2. The molecule has 40 heavy (non-hydrogen) atoms. The lowest BCUT2D eigenvalue weighted by atomic mass is 10.1.